The highest BCUT2D eigenvalue weighted by molar-refractivity contribution is 5.66. The first kappa shape index (κ1) is 18.3. The quantitative estimate of drug-likeness (QED) is 0.559. The Morgan fingerprint density at radius 3 is 2.55 bits per heavy atom. The summed E-state index contributed by atoms with van der Waals surface area (Å²) in [5.74, 6) is 1.45. The van der Waals surface area contributed by atoms with E-state index in [0.29, 0.717) is 35.1 Å². The van der Waals surface area contributed by atoms with Crippen molar-refractivity contribution in [2.75, 3.05) is 0 Å². The lowest BCUT2D eigenvalue weighted by atomic mass is 10.1. The van der Waals surface area contributed by atoms with Crippen molar-refractivity contribution >= 4 is 0 Å². The lowest BCUT2D eigenvalue weighted by Crippen LogP contribution is -2.01. The van der Waals surface area contributed by atoms with Crippen LogP contribution < -0.4 is 10.5 Å². The zero-order chi connectivity index (χ0) is 20.4. The van der Waals surface area contributed by atoms with E-state index in [0.717, 1.165) is 17.0 Å². The van der Waals surface area contributed by atoms with Gasteiger partial charge in [0.05, 0.1) is 22.9 Å². The standard InChI is InChI=1S/C20H18N8O/c1-27-17(5-6-25-27)16-8-19(28(2)26-16)29-18-7-13(9-21)3-4-15(18)20-23-11-14(10-22)12-24-20/h3-8,11-12H,10,22H2,1-2H3. The Bertz CT molecular complexity index is 1200. The molecule has 0 unspecified atom stereocenters. The summed E-state index contributed by atoms with van der Waals surface area (Å²) in [6, 6.07) is 10.9. The van der Waals surface area contributed by atoms with E-state index in [2.05, 4.69) is 26.2 Å². The van der Waals surface area contributed by atoms with Gasteiger partial charge in [-0.2, -0.15) is 15.5 Å². The van der Waals surface area contributed by atoms with E-state index in [1.807, 2.05) is 19.2 Å². The van der Waals surface area contributed by atoms with Crippen LogP contribution in [0.5, 0.6) is 11.6 Å². The number of aryl methyl sites for hydroxylation is 2. The molecule has 29 heavy (non-hydrogen) atoms. The monoisotopic (exact) mass is 386 g/mol. The molecule has 0 fully saturated rings. The van der Waals surface area contributed by atoms with Crippen LogP contribution in [0.3, 0.4) is 0 Å². The SMILES string of the molecule is Cn1nc(-c2ccnn2C)cc1Oc1cc(C#N)ccc1-c1ncc(CN)cn1. The van der Waals surface area contributed by atoms with Crippen LogP contribution in [0.2, 0.25) is 0 Å². The van der Waals surface area contributed by atoms with Crippen LogP contribution in [0.4, 0.5) is 0 Å². The van der Waals surface area contributed by atoms with Gasteiger partial charge in [0.25, 0.3) is 0 Å². The summed E-state index contributed by atoms with van der Waals surface area (Å²) >= 11 is 0. The van der Waals surface area contributed by atoms with Crippen molar-refractivity contribution in [3.05, 3.63) is 60.0 Å². The number of ether oxygens (including phenoxy) is 1. The summed E-state index contributed by atoms with van der Waals surface area (Å²) in [6.07, 6.45) is 5.06. The molecule has 0 bridgehead atoms. The van der Waals surface area contributed by atoms with E-state index >= 15 is 0 Å². The highest BCUT2D eigenvalue weighted by atomic mass is 16.5. The maximum Gasteiger partial charge on any atom is 0.218 e. The van der Waals surface area contributed by atoms with Gasteiger partial charge in [0.1, 0.15) is 11.4 Å². The fourth-order valence-corrected chi connectivity index (χ4v) is 2.87. The first-order valence-corrected chi connectivity index (χ1v) is 8.85. The number of hydrogen-bond donors (Lipinski definition) is 1. The number of nitriles is 1. The highest BCUT2D eigenvalue weighted by Crippen LogP contribution is 2.33. The molecule has 9 nitrogen and oxygen atoms in total. The molecule has 144 valence electrons. The van der Waals surface area contributed by atoms with Crippen LogP contribution >= 0.6 is 0 Å². The molecular formula is C20H18N8O. The van der Waals surface area contributed by atoms with Crippen molar-refractivity contribution < 1.29 is 4.74 Å². The Morgan fingerprint density at radius 1 is 1.10 bits per heavy atom. The summed E-state index contributed by atoms with van der Waals surface area (Å²) in [5, 5.41) is 18.0. The third-order valence-electron chi connectivity index (χ3n) is 4.43. The summed E-state index contributed by atoms with van der Waals surface area (Å²) in [5.41, 5.74) is 9.17. The van der Waals surface area contributed by atoms with Gasteiger partial charge in [-0.3, -0.25) is 4.68 Å². The third-order valence-corrected chi connectivity index (χ3v) is 4.43. The van der Waals surface area contributed by atoms with E-state index in [1.165, 1.54) is 0 Å². The van der Waals surface area contributed by atoms with Crippen LogP contribution in [0.25, 0.3) is 22.8 Å². The van der Waals surface area contributed by atoms with Crippen LogP contribution in [0.15, 0.2) is 48.9 Å². The topological polar surface area (TPSA) is 120 Å². The van der Waals surface area contributed by atoms with Crippen molar-refractivity contribution in [3.63, 3.8) is 0 Å². The van der Waals surface area contributed by atoms with E-state index in [9.17, 15) is 5.26 Å². The van der Waals surface area contributed by atoms with E-state index < -0.39 is 0 Å². The first-order valence-electron chi connectivity index (χ1n) is 8.85. The van der Waals surface area contributed by atoms with Gasteiger partial charge in [-0.25, -0.2) is 14.6 Å². The summed E-state index contributed by atoms with van der Waals surface area (Å²) in [7, 11) is 3.64. The van der Waals surface area contributed by atoms with Gasteiger partial charge in [0.2, 0.25) is 5.88 Å². The lowest BCUT2D eigenvalue weighted by Gasteiger charge is -2.11. The molecular weight excluding hydrogens is 368 g/mol. The molecule has 0 atom stereocenters. The van der Waals surface area contributed by atoms with Gasteiger partial charge in [0.15, 0.2) is 5.82 Å². The Hall–Kier alpha value is -4.03. The van der Waals surface area contributed by atoms with Crippen LogP contribution in [0, 0.1) is 11.3 Å². The smallest absolute Gasteiger partial charge is 0.218 e. The highest BCUT2D eigenvalue weighted by Gasteiger charge is 2.16. The van der Waals surface area contributed by atoms with Crippen molar-refractivity contribution in [2.24, 2.45) is 19.8 Å². The normalized spacial score (nSPS) is 10.7. The maximum absolute atomic E-state index is 9.29. The largest absolute Gasteiger partial charge is 0.438 e. The Morgan fingerprint density at radius 2 is 1.90 bits per heavy atom. The summed E-state index contributed by atoms with van der Waals surface area (Å²) in [4.78, 5) is 8.74. The zero-order valence-corrected chi connectivity index (χ0v) is 15.9. The number of hydrogen-bond acceptors (Lipinski definition) is 7. The Balaban J connectivity index is 1.74. The molecule has 2 N–H and O–H groups in total. The van der Waals surface area contributed by atoms with Gasteiger partial charge in [-0.15, -0.1) is 0 Å². The van der Waals surface area contributed by atoms with Crippen molar-refractivity contribution in [3.8, 4) is 40.5 Å². The van der Waals surface area contributed by atoms with Gasteiger partial charge in [0, 0.05) is 50.9 Å². The van der Waals surface area contributed by atoms with Gasteiger partial charge in [-0.1, -0.05) is 0 Å². The van der Waals surface area contributed by atoms with Crippen molar-refractivity contribution in [2.45, 2.75) is 6.54 Å². The molecule has 0 aliphatic carbocycles. The van der Waals surface area contributed by atoms with Gasteiger partial charge >= 0.3 is 0 Å². The molecule has 0 saturated carbocycles. The third kappa shape index (κ3) is 3.56. The van der Waals surface area contributed by atoms with Crippen molar-refractivity contribution in [1.29, 1.82) is 5.26 Å². The molecule has 0 aliphatic rings. The van der Waals surface area contributed by atoms with Crippen LogP contribution in [-0.4, -0.2) is 29.5 Å². The molecule has 0 spiro atoms. The minimum Gasteiger partial charge on any atom is -0.438 e. The Labute approximate surface area is 167 Å². The summed E-state index contributed by atoms with van der Waals surface area (Å²) < 4.78 is 9.49. The predicted molar refractivity (Wildman–Crippen MR) is 106 cm³/mol. The van der Waals surface area contributed by atoms with Crippen LogP contribution in [-0.2, 0) is 20.6 Å². The fraction of sp³-hybridized carbons (Fsp3) is 0.150. The molecule has 0 aliphatic heterocycles. The molecule has 3 heterocycles. The number of aromatic nitrogens is 6. The average Bonchev–Trinajstić information content (AvgIpc) is 3.33. The van der Waals surface area contributed by atoms with Crippen molar-refractivity contribution in [1.82, 2.24) is 29.5 Å². The zero-order valence-electron chi connectivity index (χ0n) is 15.9. The number of benzene rings is 1. The molecule has 0 saturated heterocycles. The van der Waals surface area contributed by atoms with Gasteiger partial charge < -0.3 is 10.5 Å². The molecule has 9 heteroatoms. The molecule has 0 amide bonds. The predicted octanol–water partition coefficient (Wildman–Crippen LogP) is 2.40. The van der Waals surface area contributed by atoms with Crippen LogP contribution in [0.1, 0.15) is 11.1 Å². The average molecular weight is 386 g/mol. The second-order valence-electron chi connectivity index (χ2n) is 6.38. The molecule has 3 aromatic heterocycles. The second-order valence-corrected chi connectivity index (χ2v) is 6.38. The van der Waals surface area contributed by atoms with E-state index in [4.69, 9.17) is 10.5 Å². The fourth-order valence-electron chi connectivity index (χ4n) is 2.87. The van der Waals surface area contributed by atoms with E-state index in [1.54, 1.807) is 53.2 Å². The van der Waals surface area contributed by atoms with E-state index in [-0.39, 0.29) is 0 Å². The number of nitrogens with two attached hydrogens (primary N) is 1. The lowest BCUT2D eigenvalue weighted by molar-refractivity contribution is 0.432. The first-order chi connectivity index (χ1) is 14.1. The number of nitrogens with zero attached hydrogens (tertiary/aromatic N) is 7. The minimum atomic E-state index is 0.364. The molecule has 4 rings (SSSR count). The minimum absolute atomic E-state index is 0.364. The summed E-state index contributed by atoms with van der Waals surface area (Å²) in [6.45, 7) is 0.364. The number of rotatable bonds is 5. The maximum atomic E-state index is 9.29. The second kappa shape index (κ2) is 7.53. The molecule has 1 aromatic carbocycles. The van der Waals surface area contributed by atoms with Gasteiger partial charge in [-0.05, 0) is 24.3 Å². The Kier molecular flexibility index (Phi) is 4.76. The molecule has 0 radical (unpaired) electrons. The molecule has 4 aromatic rings.